The number of carbonyl (C=O) groups excluding carboxylic acids is 1. The van der Waals surface area contributed by atoms with E-state index in [-0.39, 0.29) is 5.91 Å². The number of aromatic nitrogens is 2. The van der Waals surface area contributed by atoms with Crippen LogP contribution in [0.2, 0.25) is 0 Å². The van der Waals surface area contributed by atoms with Crippen LogP contribution >= 0.6 is 0 Å². The van der Waals surface area contributed by atoms with Crippen molar-refractivity contribution in [3.8, 4) is 5.75 Å². The fraction of sp³-hybridized carbons (Fsp3) is 0.522. The number of hydrogen-bond acceptors (Lipinski definition) is 6. The molecule has 0 aliphatic carbocycles. The van der Waals surface area contributed by atoms with Crippen molar-refractivity contribution in [3.05, 3.63) is 47.3 Å². The smallest absolute Gasteiger partial charge is 0.225 e. The maximum absolute atomic E-state index is 11.4. The van der Waals surface area contributed by atoms with Crippen molar-refractivity contribution in [1.82, 2.24) is 20.2 Å². The first-order valence-corrected chi connectivity index (χ1v) is 10.7. The summed E-state index contributed by atoms with van der Waals surface area (Å²) in [5, 5.41) is 2.94. The molecule has 1 aromatic carbocycles. The minimum atomic E-state index is -0.488. The second kappa shape index (κ2) is 8.22. The van der Waals surface area contributed by atoms with Gasteiger partial charge >= 0.3 is 0 Å². The summed E-state index contributed by atoms with van der Waals surface area (Å²) in [7, 11) is 0. The first kappa shape index (κ1) is 20.6. The monoisotopic (exact) mass is 409 g/mol. The molecule has 7 nitrogen and oxygen atoms in total. The molecule has 1 fully saturated rings. The molecule has 1 unspecified atom stereocenters. The molecule has 1 saturated heterocycles. The van der Waals surface area contributed by atoms with Gasteiger partial charge in [-0.25, -0.2) is 9.97 Å². The number of fused-ring (bicyclic) bond motifs is 1. The highest BCUT2D eigenvalue weighted by molar-refractivity contribution is 5.74. The fourth-order valence-corrected chi connectivity index (χ4v) is 4.28. The number of rotatable bonds is 5. The zero-order valence-electron chi connectivity index (χ0n) is 18.3. The number of ether oxygens (including phenoxy) is 1. The Kier molecular flexibility index (Phi) is 5.64. The molecule has 30 heavy (non-hydrogen) atoms. The number of nitrogens with one attached hydrogen (secondary N) is 1. The Morgan fingerprint density at radius 3 is 2.53 bits per heavy atom. The highest BCUT2D eigenvalue weighted by Crippen LogP contribution is 2.31. The first-order valence-electron chi connectivity index (χ1n) is 10.7. The summed E-state index contributed by atoms with van der Waals surface area (Å²) in [5.74, 6) is 1.73. The molecule has 0 spiro atoms. The molecule has 160 valence electrons. The van der Waals surface area contributed by atoms with Crippen molar-refractivity contribution in [1.29, 1.82) is 0 Å². The van der Waals surface area contributed by atoms with Crippen LogP contribution in [-0.4, -0.2) is 53.6 Å². The van der Waals surface area contributed by atoms with E-state index in [2.05, 4.69) is 50.2 Å². The van der Waals surface area contributed by atoms with E-state index in [1.165, 1.54) is 18.1 Å². The molecule has 1 atom stereocenters. The average Bonchev–Trinajstić information content (AvgIpc) is 3.20. The van der Waals surface area contributed by atoms with Crippen LogP contribution in [0.15, 0.2) is 30.6 Å². The van der Waals surface area contributed by atoms with Crippen LogP contribution in [0.1, 0.15) is 50.4 Å². The second-order valence-corrected chi connectivity index (χ2v) is 8.74. The van der Waals surface area contributed by atoms with Gasteiger partial charge < -0.3 is 15.0 Å². The van der Waals surface area contributed by atoms with Crippen LogP contribution < -0.4 is 15.0 Å². The third-order valence-corrected chi connectivity index (χ3v) is 6.20. The van der Waals surface area contributed by atoms with Crippen LogP contribution in [0, 0.1) is 0 Å². The third kappa shape index (κ3) is 4.26. The predicted molar refractivity (Wildman–Crippen MR) is 117 cm³/mol. The van der Waals surface area contributed by atoms with Crippen molar-refractivity contribution in [2.75, 3.05) is 37.7 Å². The summed E-state index contributed by atoms with van der Waals surface area (Å²) in [6, 6.07) is 7.01. The van der Waals surface area contributed by atoms with Gasteiger partial charge in [0.05, 0.1) is 12.1 Å². The molecule has 0 bridgehead atoms. The molecule has 1 aromatic heterocycles. The van der Waals surface area contributed by atoms with Gasteiger partial charge in [0, 0.05) is 63.5 Å². The van der Waals surface area contributed by atoms with Gasteiger partial charge in [0.15, 0.2) is 0 Å². The Hall–Kier alpha value is -2.67. The number of anilines is 1. The van der Waals surface area contributed by atoms with Gasteiger partial charge in [0.1, 0.15) is 5.75 Å². The van der Waals surface area contributed by atoms with Gasteiger partial charge in [-0.05, 0) is 38.0 Å². The minimum absolute atomic E-state index is 0.0655. The van der Waals surface area contributed by atoms with E-state index in [1.807, 2.05) is 26.2 Å². The highest BCUT2D eigenvalue weighted by Gasteiger charge is 2.26. The third-order valence-electron chi connectivity index (χ3n) is 6.20. The molecule has 3 heterocycles. The zero-order valence-corrected chi connectivity index (χ0v) is 18.3. The van der Waals surface area contributed by atoms with Crippen molar-refractivity contribution >= 4 is 11.9 Å². The Morgan fingerprint density at radius 2 is 1.87 bits per heavy atom. The van der Waals surface area contributed by atoms with E-state index >= 15 is 0 Å². The van der Waals surface area contributed by atoms with Gasteiger partial charge in [0.2, 0.25) is 11.9 Å². The summed E-state index contributed by atoms with van der Waals surface area (Å²) in [6.07, 6.45) is 4.65. The SMILES string of the molecule is CC(=O)NC(C)(C)c1cnc(N2CCN(C(C)c3ccc4c(c3)OCC4)CC2)nc1. The van der Waals surface area contributed by atoms with Crippen molar-refractivity contribution in [3.63, 3.8) is 0 Å². The average molecular weight is 410 g/mol. The maximum atomic E-state index is 11.4. The summed E-state index contributed by atoms with van der Waals surface area (Å²) in [6.45, 7) is 12.2. The number of amides is 1. The molecular weight excluding hydrogens is 378 g/mol. The van der Waals surface area contributed by atoms with Gasteiger partial charge in [-0.2, -0.15) is 0 Å². The molecule has 2 aliphatic rings. The molecular formula is C23H31N5O2. The lowest BCUT2D eigenvalue weighted by molar-refractivity contribution is -0.120. The Morgan fingerprint density at radius 1 is 1.17 bits per heavy atom. The van der Waals surface area contributed by atoms with Crippen LogP contribution in [0.25, 0.3) is 0 Å². The summed E-state index contributed by atoms with van der Waals surface area (Å²) in [4.78, 5) is 25.3. The zero-order chi connectivity index (χ0) is 21.3. The van der Waals surface area contributed by atoms with Crippen LogP contribution in [0.5, 0.6) is 5.75 Å². The van der Waals surface area contributed by atoms with Crippen LogP contribution in [0.4, 0.5) is 5.95 Å². The summed E-state index contributed by atoms with van der Waals surface area (Å²) in [5.41, 5.74) is 3.04. The predicted octanol–water partition coefficient (Wildman–Crippen LogP) is 2.67. The highest BCUT2D eigenvalue weighted by atomic mass is 16.5. The van der Waals surface area contributed by atoms with E-state index in [9.17, 15) is 4.79 Å². The molecule has 4 rings (SSSR count). The second-order valence-electron chi connectivity index (χ2n) is 8.74. The van der Waals surface area contributed by atoms with Crippen LogP contribution in [-0.2, 0) is 16.8 Å². The lowest BCUT2D eigenvalue weighted by Crippen LogP contribution is -2.47. The normalized spacial score (nSPS) is 17.9. The fourth-order valence-electron chi connectivity index (χ4n) is 4.28. The van der Waals surface area contributed by atoms with E-state index in [0.717, 1.165) is 56.5 Å². The number of piperazine rings is 1. The minimum Gasteiger partial charge on any atom is -0.493 e. The Labute approximate surface area is 178 Å². The van der Waals surface area contributed by atoms with Crippen LogP contribution in [0.3, 0.4) is 0 Å². The van der Waals surface area contributed by atoms with Crippen molar-refractivity contribution < 1.29 is 9.53 Å². The van der Waals surface area contributed by atoms with Gasteiger partial charge in [0.25, 0.3) is 0 Å². The van der Waals surface area contributed by atoms with Crippen molar-refractivity contribution in [2.24, 2.45) is 0 Å². The van der Waals surface area contributed by atoms with Gasteiger partial charge in [-0.15, -0.1) is 0 Å². The largest absolute Gasteiger partial charge is 0.493 e. The first-order chi connectivity index (χ1) is 14.3. The number of carbonyl (C=O) groups is 1. The molecule has 7 heteroatoms. The Bertz CT molecular complexity index is 904. The molecule has 0 radical (unpaired) electrons. The van der Waals surface area contributed by atoms with E-state index < -0.39 is 5.54 Å². The topological polar surface area (TPSA) is 70.6 Å². The standard InChI is InChI=1S/C23H31N5O2/c1-16(19-6-5-18-7-12-30-21(18)13-19)27-8-10-28(11-9-27)22-24-14-20(15-25-22)23(3,4)26-17(2)29/h5-6,13-16H,7-12H2,1-4H3,(H,26,29). The lowest BCUT2D eigenvalue weighted by atomic mass is 9.97. The molecule has 1 N–H and O–H groups in total. The van der Waals surface area contributed by atoms with E-state index in [0.29, 0.717) is 6.04 Å². The number of hydrogen-bond donors (Lipinski definition) is 1. The van der Waals surface area contributed by atoms with Gasteiger partial charge in [-0.3, -0.25) is 9.69 Å². The quantitative estimate of drug-likeness (QED) is 0.819. The van der Waals surface area contributed by atoms with Gasteiger partial charge in [-0.1, -0.05) is 12.1 Å². The van der Waals surface area contributed by atoms with E-state index in [1.54, 1.807) is 0 Å². The lowest BCUT2D eigenvalue weighted by Gasteiger charge is -2.38. The number of nitrogens with zero attached hydrogens (tertiary/aromatic N) is 4. The van der Waals surface area contributed by atoms with E-state index in [4.69, 9.17) is 4.74 Å². The summed E-state index contributed by atoms with van der Waals surface area (Å²) < 4.78 is 5.74. The molecule has 0 saturated carbocycles. The molecule has 1 amide bonds. The maximum Gasteiger partial charge on any atom is 0.225 e. The van der Waals surface area contributed by atoms with Crippen molar-refractivity contribution in [2.45, 2.75) is 45.7 Å². The molecule has 2 aliphatic heterocycles. The number of benzene rings is 1. The Balaban J connectivity index is 1.37. The summed E-state index contributed by atoms with van der Waals surface area (Å²) >= 11 is 0. The molecule has 2 aromatic rings.